The first-order valence-corrected chi connectivity index (χ1v) is 53.7. The van der Waals surface area contributed by atoms with Crippen molar-refractivity contribution in [3.63, 3.8) is 0 Å². The van der Waals surface area contributed by atoms with Crippen LogP contribution in [0.25, 0.3) is 0 Å². The normalized spacial score (nSPS) is 30.4. The number of aromatic amines is 3. The molecule has 0 amide bonds. The molecule has 6 unspecified atom stereocenters. The van der Waals surface area contributed by atoms with Gasteiger partial charge in [0.1, 0.15) is 53.4 Å². The highest BCUT2D eigenvalue weighted by Crippen LogP contribution is 2.57. The topological polar surface area (TPSA) is 389 Å². The molecule has 7 aliphatic heterocycles. The minimum atomic E-state index is -3.69. The Hall–Kier alpha value is -3.39. The number of hydrogen-bond donors (Lipinski definition) is 6. The molecule has 3 aromatic rings. The van der Waals surface area contributed by atoms with Crippen LogP contribution in [0.5, 0.6) is 0 Å². The van der Waals surface area contributed by atoms with E-state index in [2.05, 4.69) is 181 Å². The van der Waals surface area contributed by atoms with Crippen LogP contribution in [0.4, 0.5) is 0 Å². The third-order valence-electron chi connectivity index (χ3n) is 23.8. The van der Waals surface area contributed by atoms with Gasteiger partial charge in [0, 0.05) is 50.0 Å². The van der Waals surface area contributed by atoms with Crippen LogP contribution in [0, 0.1) is 0 Å². The Kier molecular flexibility index (Phi) is 30.2. The number of H-pyrrole nitrogens is 3. The van der Waals surface area contributed by atoms with Crippen molar-refractivity contribution < 1.29 is 85.8 Å². The lowest BCUT2D eigenvalue weighted by atomic mass is 9.89. The van der Waals surface area contributed by atoms with E-state index in [1.165, 1.54) is 45.9 Å². The van der Waals surface area contributed by atoms with E-state index in [-0.39, 0.29) is 119 Å². The lowest BCUT2D eigenvalue weighted by Crippen LogP contribution is -2.67. The van der Waals surface area contributed by atoms with Crippen LogP contribution < -0.4 is 33.7 Å². The highest BCUT2D eigenvalue weighted by atomic mass is 32.2. The quantitative estimate of drug-likeness (QED) is 0.0292. The van der Waals surface area contributed by atoms with Crippen LogP contribution in [-0.4, -0.2) is 203 Å². The summed E-state index contributed by atoms with van der Waals surface area (Å²) in [6.45, 7) is 51.7. The molecular weight excluding hydrogens is 1560 g/mol. The van der Waals surface area contributed by atoms with Gasteiger partial charge in [0.15, 0.2) is 18.7 Å². The number of nitrogens with zero attached hydrogens (tertiary/aromatic N) is 3. The Balaban J connectivity index is 0.000000210. The SMILES string of the molecule is CC(C)[Si]1(C(C)C)OCC2OC(n3ccc(=O)[nH]c3=O)[C@@](O)(CCCO)[C@@H]2O[Si](C(C)C)(C(C)C)O1.CC(C)[Si]1(C(C)C)OCC2OC(n3ccc(=O)[nH]c3=O)[C@@](O)(CCCOS(C)(=O)=O)[C@@H]2O[Si](C(C)C)(C(C)C)O1.CC(C)[Si]1(C(C)C)OCC2OC(n3ccc(=O)[nH]c3=O)[C@@]3(CCCO3)[C@@H]2O[Si](C(C)C)(C(C)C)O1. The molecule has 10 rings (SSSR count). The Bertz CT molecular complexity index is 4040. The summed E-state index contributed by atoms with van der Waals surface area (Å²) in [5.74, 6) is 0. The van der Waals surface area contributed by atoms with E-state index in [0.29, 0.717) is 19.6 Å². The Morgan fingerprint density at radius 2 is 0.739 bits per heavy atom. The van der Waals surface area contributed by atoms with E-state index in [0.717, 1.165) is 17.2 Å². The van der Waals surface area contributed by atoms with Gasteiger partial charge in [0.2, 0.25) is 0 Å². The van der Waals surface area contributed by atoms with Crippen molar-refractivity contribution in [3.8, 4) is 0 Å². The van der Waals surface area contributed by atoms with Crippen molar-refractivity contribution in [3.05, 3.63) is 99.3 Å². The maximum absolute atomic E-state index is 12.9. The predicted octanol–water partition coefficient (Wildman–Crippen LogP) is 9.71. The standard InChI is InChI=1S/C25H46N2O10SSi2.C24H44N2O8Si2.C24H42N2O7Si2/c1-16(2)39(17(3)4)34-15-20-22(36-40(37-39,18(5)6)19(7)8)25(30,12-10-14-33-38(9,31)32)23(35-20)27-13-11-21(28)26-24(27)29;1-15(2)35(16(3)4)31-14-19-21(33-36(34-35,17(5)6)18(7)8)24(30,11-9-13-27)22(32-19)26-12-10-20(28)25-23(26)29;1-15(2)34(16(3)4)30-14-19-21(32-35(33-34,17(5)6)18(7)8)24(11-9-13-29-24)22(31-19)26-12-10-20(27)25-23(26)28/h11,13,16-20,22-23,30H,10,12,14-15H2,1-9H3,(H,26,28,29);10,12,15-19,21-22,27,30H,9,11,13-14H2,1-8H3,(H,25,28,29);10,12,15-19,21-22H,9,11,13-14H2,1-8H3,(H,25,27,28)/t20?,22-,23?,25-;2*19?,21-,22?,24-/m111/s1. The molecule has 111 heavy (non-hydrogen) atoms. The molecule has 10 heterocycles. The van der Waals surface area contributed by atoms with E-state index >= 15 is 0 Å². The summed E-state index contributed by atoms with van der Waals surface area (Å²) in [6, 6.07) is 3.73. The number of aliphatic hydroxyl groups excluding tert-OH is 1. The summed E-state index contributed by atoms with van der Waals surface area (Å²) in [6.07, 6.45) is -0.153. The van der Waals surface area contributed by atoms with Crippen molar-refractivity contribution in [1.29, 1.82) is 0 Å². The van der Waals surface area contributed by atoms with Gasteiger partial charge in [-0.1, -0.05) is 166 Å². The summed E-state index contributed by atoms with van der Waals surface area (Å²) in [5.41, 5.74) is -6.54. The van der Waals surface area contributed by atoms with Crippen molar-refractivity contribution in [2.75, 3.05) is 45.9 Å². The lowest BCUT2D eigenvalue weighted by Gasteiger charge is -2.52. The smallest absolute Gasteiger partial charge is 0.335 e. The van der Waals surface area contributed by atoms with Gasteiger partial charge in [0.25, 0.3) is 26.8 Å². The lowest BCUT2D eigenvalue weighted by molar-refractivity contribution is -0.121. The zero-order valence-electron chi connectivity index (χ0n) is 70.1. The average Bonchev–Trinajstić information content (AvgIpc) is 1.59. The first-order chi connectivity index (χ1) is 51.5. The van der Waals surface area contributed by atoms with Crippen LogP contribution in [-0.2, 0) is 72.2 Å². The zero-order chi connectivity index (χ0) is 83.1. The van der Waals surface area contributed by atoms with E-state index in [1.807, 2.05) is 0 Å². The molecular formula is C73H132N6O25SSi6. The molecule has 7 aliphatic rings. The maximum Gasteiger partial charge on any atom is 0.335 e. The second kappa shape index (κ2) is 36.1. The van der Waals surface area contributed by atoms with Gasteiger partial charge in [-0.15, -0.1) is 0 Å². The van der Waals surface area contributed by atoms with Gasteiger partial charge < -0.3 is 73.2 Å². The van der Waals surface area contributed by atoms with Crippen molar-refractivity contribution in [2.24, 2.45) is 0 Å². The highest BCUT2D eigenvalue weighted by molar-refractivity contribution is 7.86. The highest BCUT2D eigenvalue weighted by Gasteiger charge is 2.71. The molecule has 0 aliphatic carbocycles. The second-order valence-electron chi connectivity index (χ2n) is 35.0. The fraction of sp³-hybridized carbons (Fsp3) is 0.836. The molecule has 12 atom stereocenters. The Labute approximate surface area is 660 Å². The first kappa shape index (κ1) is 93.1. The molecule has 3 aromatic heterocycles. The largest absolute Gasteiger partial charge is 0.414 e. The average molecular weight is 1690 g/mol. The molecule has 7 fully saturated rings. The number of fused-ring (bicyclic) bond motifs is 4. The van der Waals surface area contributed by atoms with Gasteiger partial charge in [-0.2, -0.15) is 8.42 Å². The van der Waals surface area contributed by atoms with Crippen LogP contribution in [0.3, 0.4) is 0 Å². The van der Waals surface area contributed by atoms with Crippen LogP contribution >= 0.6 is 0 Å². The van der Waals surface area contributed by atoms with E-state index in [4.69, 9.17) is 62.0 Å². The maximum atomic E-state index is 12.9. The van der Waals surface area contributed by atoms with Gasteiger partial charge >= 0.3 is 68.4 Å². The molecule has 7 saturated heterocycles. The monoisotopic (exact) mass is 1690 g/mol. The van der Waals surface area contributed by atoms with E-state index in [1.54, 1.807) is 0 Å². The summed E-state index contributed by atoms with van der Waals surface area (Å²) < 4.78 is 121. The molecule has 0 saturated carbocycles. The summed E-state index contributed by atoms with van der Waals surface area (Å²) >= 11 is 0. The number of ether oxygens (including phenoxy) is 4. The molecule has 0 bridgehead atoms. The Morgan fingerprint density at radius 3 is 1.02 bits per heavy atom. The first-order valence-electron chi connectivity index (χ1n) is 40.0. The third-order valence-corrected chi connectivity index (χ3v) is 55.1. The fourth-order valence-electron chi connectivity index (χ4n) is 18.0. The van der Waals surface area contributed by atoms with Crippen molar-refractivity contribution in [1.82, 2.24) is 28.7 Å². The number of hydrogen-bond acceptors (Lipinski definition) is 25. The second-order valence-corrected chi connectivity index (χ2v) is 63.2. The molecule has 31 nitrogen and oxygen atoms in total. The van der Waals surface area contributed by atoms with Gasteiger partial charge in [-0.3, -0.25) is 47.2 Å². The number of aromatic nitrogens is 6. The minimum absolute atomic E-state index is 0.0163. The van der Waals surface area contributed by atoms with E-state index in [9.17, 15) is 52.5 Å². The summed E-state index contributed by atoms with van der Waals surface area (Å²) in [7, 11) is -21.2. The van der Waals surface area contributed by atoms with Crippen molar-refractivity contribution >= 4 is 61.5 Å². The Morgan fingerprint density at radius 1 is 0.450 bits per heavy atom. The van der Waals surface area contributed by atoms with Gasteiger partial charge in [-0.05, 0) is 105 Å². The fourth-order valence-corrected chi connectivity index (χ4v) is 52.2. The predicted molar refractivity (Wildman–Crippen MR) is 431 cm³/mol. The van der Waals surface area contributed by atoms with Gasteiger partial charge in [0.05, 0.1) is 32.7 Å². The number of nitrogens with one attached hydrogen (secondary N) is 3. The van der Waals surface area contributed by atoms with Crippen molar-refractivity contribution in [2.45, 2.75) is 343 Å². The molecule has 634 valence electrons. The zero-order valence-corrected chi connectivity index (χ0v) is 77.0. The van der Waals surface area contributed by atoms with Gasteiger partial charge in [-0.25, -0.2) is 14.4 Å². The molecule has 0 aromatic carbocycles. The molecule has 38 heteroatoms. The van der Waals surface area contributed by atoms with Crippen LogP contribution in [0.2, 0.25) is 66.5 Å². The molecule has 0 radical (unpaired) electrons. The van der Waals surface area contributed by atoms with Crippen LogP contribution in [0.1, 0.15) is 223 Å². The summed E-state index contributed by atoms with van der Waals surface area (Å²) in [5, 5.41) is 34.2. The molecule has 6 N–H and O–H groups in total. The van der Waals surface area contributed by atoms with Crippen LogP contribution in [0.15, 0.2) is 65.6 Å². The molecule has 1 spiro atoms. The van der Waals surface area contributed by atoms with E-state index < -0.39 is 167 Å². The summed E-state index contributed by atoms with van der Waals surface area (Å²) in [4.78, 5) is 80.5. The number of aliphatic hydroxyl groups is 3. The minimum Gasteiger partial charge on any atom is -0.414 e. The third kappa shape index (κ3) is 18.1. The number of rotatable bonds is 23.